The number of hydrogen-bond donors (Lipinski definition) is 0. The Morgan fingerprint density at radius 3 is 2.79 bits per heavy atom. The van der Waals surface area contributed by atoms with Gasteiger partial charge in [0, 0.05) is 12.2 Å². The molecule has 0 aromatic rings. The summed E-state index contributed by atoms with van der Waals surface area (Å²) in [6, 6.07) is 0.638. The van der Waals surface area contributed by atoms with Crippen molar-refractivity contribution >= 4 is 0 Å². The van der Waals surface area contributed by atoms with Crippen molar-refractivity contribution in [2.45, 2.75) is 33.2 Å². The lowest BCUT2D eigenvalue weighted by Crippen LogP contribution is -2.27. The third-order valence-corrected chi connectivity index (χ3v) is 3.55. The quantitative estimate of drug-likeness (QED) is 0.628. The molecular formula is C12H20N2. The van der Waals surface area contributed by atoms with E-state index in [2.05, 4.69) is 43.7 Å². The minimum absolute atomic E-state index is 0.638. The monoisotopic (exact) mass is 192 g/mol. The highest BCUT2D eigenvalue weighted by molar-refractivity contribution is 5.36. The third-order valence-electron chi connectivity index (χ3n) is 3.55. The first-order valence-electron chi connectivity index (χ1n) is 5.46. The summed E-state index contributed by atoms with van der Waals surface area (Å²) in [6.45, 7) is 8.93. The molecule has 2 rings (SSSR count). The molecule has 0 spiro atoms. The van der Waals surface area contributed by atoms with E-state index in [-0.39, 0.29) is 0 Å². The van der Waals surface area contributed by atoms with Crippen molar-refractivity contribution in [2.24, 2.45) is 0 Å². The third kappa shape index (κ3) is 1.38. The summed E-state index contributed by atoms with van der Waals surface area (Å²) < 4.78 is 0. The van der Waals surface area contributed by atoms with Gasteiger partial charge in [-0.3, -0.25) is 4.90 Å². The maximum atomic E-state index is 2.47. The van der Waals surface area contributed by atoms with E-state index in [4.69, 9.17) is 0 Å². The average molecular weight is 192 g/mol. The van der Waals surface area contributed by atoms with Crippen molar-refractivity contribution < 1.29 is 0 Å². The average Bonchev–Trinajstić information content (AvgIpc) is 2.45. The molecule has 2 heteroatoms. The summed E-state index contributed by atoms with van der Waals surface area (Å²) in [4.78, 5) is 4.92. The van der Waals surface area contributed by atoms with Crippen LogP contribution in [-0.2, 0) is 0 Å². The number of fused-ring (bicyclic) bond motifs is 1. The van der Waals surface area contributed by atoms with Crippen LogP contribution in [0, 0.1) is 0 Å². The van der Waals surface area contributed by atoms with Crippen LogP contribution in [0.1, 0.15) is 27.2 Å². The van der Waals surface area contributed by atoms with Gasteiger partial charge in [0.05, 0.1) is 12.7 Å². The molecule has 2 nitrogen and oxygen atoms in total. The fourth-order valence-corrected chi connectivity index (χ4v) is 2.41. The normalized spacial score (nSPS) is 28.1. The lowest BCUT2D eigenvalue weighted by atomic mass is 9.93. The second kappa shape index (κ2) is 3.43. The Bertz CT molecular complexity index is 301. The maximum Gasteiger partial charge on any atom is 0.0707 e. The van der Waals surface area contributed by atoms with Crippen LogP contribution >= 0.6 is 0 Å². The molecule has 78 valence electrons. The second-order valence-corrected chi connectivity index (χ2v) is 4.51. The Hall–Kier alpha value is -0.760. The van der Waals surface area contributed by atoms with Crippen LogP contribution in [0.25, 0.3) is 0 Å². The molecular weight excluding hydrogens is 172 g/mol. The van der Waals surface area contributed by atoms with E-state index < -0.39 is 0 Å². The van der Waals surface area contributed by atoms with E-state index in [1.54, 1.807) is 5.57 Å². The van der Waals surface area contributed by atoms with Gasteiger partial charge in [0.1, 0.15) is 0 Å². The van der Waals surface area contributed by atoms with Crippen LogP contribution in [-0.4, -0.2) is 36.1 Å². The first kappa shape index (κ1) is 9.78. The highest BCUT2D eigenvalue weighted by Crippen LogP contribution is 2.33. The van der Waals surface area contributed by atoms with Crippen LogP contribution in [0.4, 0.5) is 0 Å². The van der Waals surface area contributed by atoms with E-state index in [0.29, 0.717) is 6.04 Å². The van der Waals surface area contributed by atoms with Crippen molar-refractivity contribution in [3.8, 4) is 0 Å². The lowest BCUT2D eigenvalue weighted by Gasteiger charge is -2.25. The molecule has 14 heavy (non-hydrogen) atoms. The van der Waals surface area contributed by atoms with Gasteiger partial charge in [-0.1, -0.05) is 11.1 Å². The Morgan fingerprint density at radius 1 is 1.43 bits per heavy atom. The highest BCUT2D eigenvalue weighted by Gasteiger charge is 2.33. The molecule has 2 aliphatic rings. The molecule has 0 radical (unpaired) electrons. The Balaban J connectivity index is 2.31. The highest BCUT2D eigenvalue weighted by atomic mass is 15.4. The lowest BCUT2D eigenvalue weighted by molar-refractivity contribution is 0.270. The zero-order valence-electron chi connectivity index (χ0n) is 9.67. The van der Waals surface area contributed by atoms with E-state index >= 15 is 0 Å². The fraction of sp³-hybridized carbons (Fsp3) is 0.667. The van der Waals surface area contributed by atoms with Gasteiger partial charge >= 0.3 is 0 Å². The first-order chi connectivity index (χ1) is 6.63. The van der Waals surface area contributed by atoms with Crippen LogP contribution in [0.15, 0.2) is 22.9 Å². The van der Waals surface area contributed by atoms with Gasteiger partial charge in [-0.2, -0.15) is 0 Å². The van der Waals surface area contributed by atoms with E-state index in [9.17, 15) is 0 Å². The van der Waals surface area contributed by atoms with E-state index in [1.165, 1.54) is 17.7 Å². The predicted octanol–water partition coefficient (Wildman–Crippen LogP) is 2.20. The smallest absolute Gasteiger partial charge is 0.0707 e. The fourth-order valence-electron chi connectivity index (χ4n) is 2.41. The SMILES string of the molecule is CCN1CN(C)C2CC(C)=C(C)C=C21. The zero-order chi connectivity index (χ0) is 10.3. The van der Waals surface area contributed by atoms with Crippen LogP contribution in [0.3, 0.4) is 0 Å². The maximum absolute atomic E-state index is 2.47. The van der Waals surface area contributed by atoms with Crippen molar-refractivity contribution in [2.75, 3.05) is 20.3 Å². The van der Waals surface area contributed by atoms with Crippen LogP contribution in [0.2, 0.25) is 0 Å². The molecule has 0 amide bonds. The molecule has 0 bridgehead atoms. The van der Waals surface area contributed by atoms with Gasteiger partial charge in [0.15, 0.2) is 0 Å². The van der Waals surface area contributed by atoms with Crippen molar-refractivity contribution in [3.63, 3.8) is 0 Å². The molecule has 0 aromatic heterocycles. The molecule has 1 fully saturated rings. The topological polar surface area (TPSA) is 6.48 Å². The largest absolute Gasteiger partial charge is 0.361 e. The Labute approximate surface area is 86.9 Å². The zero-order valence-corrected chi connectivity index (χ0v) is 9.67. The Kier molecular flexibility index (Phi) is 2.40. The number of nitrogens with zero attached hydrogens (tertiary/aromatic N) is 2. The summed E-state index contributed by atoms with van der Waals surface area (Å²) in [6.07, 6.45) is 3.58. The van der Waals surface area contributed by atoms with Crippen LogP contribution in [0.5, 0.6) is 0 Å². The van der Waals surface area contributed by atoms with Crippen molar-refractivity contribution in [1.82, 2.24) is 9.80 Å². The summed E-state index contributed by atoms with van der Waals surface area (Å²) in [5.74, 6) is 0. The van der Waals surface area contributed by atoms with E-state index in [1.807, 2.05) is 0 Å². The van der Waals surface area contributed by atoms with Gasteiger partial charge in [-0.15, -0.1) is 0 Å². The molecule has 1 aliphatic carbocycles. The molecule has 1 heterocycles. The number of allylic oxidation sites excluding steroid dienone is 2. The molecule has 0 aromatic carbocycles. The van der Waals surface area contributed by atoms with Gasteiger partial charge in [-0.05, 0) is 40.3 Å². The van der Waals surface area contributed by atoms with Gasteiger partial charge in [-0.25, -0.2) is 0 Å². The standard InChI is InChI=1S/C12H20N2/c1-5-14-8-13(4)11-6-9(2)10(3)7-12(11)14/h7,11H,5-6,8H2,1-4H3. The summed E-state index contributed by atoms with van der Waals surface area (Å²) in [5.41, 5.74) is 4.53. The number of rotatable bonds is 1. The molecule has 0 N–H and O–H groups in total. The molecule has 1 unspecified atom stereocenters. The number of likely N-dealkylation sites (N-methyl/N-ethyl adjacent to an activating group) is 2. The number of hydrogen-bond acceptors (Lipinski definition) is 2. The second-order valence-electron chi connectivity index (χ2n) is 4.51. The molecule has 1 atom stereocenters. The molecule has 1 aliphatic heterocycles. The van der Waals surface area contributed by atoms with Gasteiger partial charge in [0.2, 0.25) is 0 Å². The minimum Gasteiger partial charge on any atom is -0.361 e. The Morgan fingerprint density at radius 2 is 2.14 bits per heavy atom. The summed E-state index contributed by atoms with van der Waals surface area (Å²) in [5, 5.41) is 0. The minimum atomic E-state index is 0.638. The molecule has 0 saturated carbocycles. The van der Waals surface area contributed by atoms with E-state index in [0.717, 1.165) is 13.2 Å². The van der Waals surface area contributed by atoms with Crippen molar-refractivity contribution in [3.05, 3.63) is 22.9 Å². The van der Waals surface area contributed by atoms with Crippen molar-refractivity contribution in [1.29, 1.82) is 0 Å². The van der Waals surface area contributed by atoms with Gasteiger partial charge < -0.3 is 4.90 Å². The first-order valence-corrected chi connectivity index (χ1v) is 5.46. The summed E-state index contributed by atoms with van der Waals surface area (Å²) in [7, 11) is 2.22. The van der Waals surface area contributed by atoms with Crippen LogP contribution < -0.4 is 0 Å². The molecule has 1 saturated heterocycles. The van der Waals surface area contributed by atoms with Gasteiger partial charge in [0.25, 0.3) is 0 Å². The predicted molar refractivity (Wildman–Crippen MR) is 59.9 cm³/mol. The summed E-state index contributed by atoms with van der Waals surface area (Å²) >= 11 is 0.